The number of likely N-dealkylation sites (tertiary alicyclic amines) is 1. The van der Waals surface area contributed by atoms with E-state index in [-0.39, 0.29) is 5.91 Å². The normalized spacial score (nSPS) is 23.0. The van der Waals surface area contributed by atoms with E-state index < -0.39 is 23.8 Å². The third-order valence-electron chi connectivity index (χ3n) is 4.71. The van der Waals surface area contributed by atoms with Crippen LogP contribution in [-0.4, -0.2) is 52.8 Å². The summed E-state index contributed by atoms with van der Waals surface area (Å²) in [6, 6.07) is 4.54. The first-order valence-corrected chi connectivity index (χ1v) is 9.33. The lowest BCUT2D eigenvalue weighted by molar-refractivity contribution is -0.125. The van der Waals surface area contributed by atoms with Crippen LogP contribution in [0.1, 0.15) is 39.2 Å². The summed E-state index contributed by atoms with van der Waals surface area (Å²) in [7, 11) is 0. The first-order valence-electron chi connectivity index (χ1n) is 8.95. The molecule has 0 unspecified atom stereocenters. The van der Waals surface area contributed by atoms with Crippen molar-refractivity contribution in [2.45, 2.75) is 57.8 Å². The Hall–Kier alpha value is -1.79. The van der Waals surface area contributed by atoms with E-state index in [1.54, 1.807) is 25.7 Å². The number of nitrogens with zero attached hydrogens (tertiary/aromatic N) is 2. The Morgan fingerprint density at radius 2 is 2.00 bits per heavy atom. The van der Waals surface area contributed by atoms with Gasteiger partial charge in [-0.05, 0) is 57.7 Å². The van der Waals surface area contributed by atoms with Crippen molar-refractivity contribution in [2.75, 3.05) is 18.0 Å². The largest absolute Gasteiger partial charge is 0.444 e. The maximum Gasteiger partial charge on any atom is 0.411 e. The summed E-state index contributed by atoms with van der Waals surface area (Å²) in [6.45, 7) is 6.16. The van der Waals surface area contributed by atoms with Crippen LogP contribution in [0.25, 0.3) is 0 Å². The van der Waals surface area contributed by atoms with Crippen LogP contribution in [0.15, 0.2) is 18.2 Å². The molecule has 0 aliphatic carbocycles. The number of amides is 2. The smallest absolute Gasteiger partial charge is 0.411 e. The maximum atomic E-state index is 13.2. The molecule has 2 aliphatic heterocycles. The Bertz CT molecular complexity index is 716. The molecule has 0 aromatic heterocycles. The highest BCUT2D eigenvalue weighted by molar-refractivity contribution is 6.32. The van der Waals surface area contributed by atoms with E-state index in [2.05, 4.69) is 0 Å². The van der Waals surface area contributed by atoms with E-state index in [9.17, 15) is 14.7 Å². The second-order valence-corrected chi connectivity index (χ2v) is 8.21. The molecule has 2 aliphatic rings. The van der Waals surface area contributed by atoms with Crippen LogP contribution in [0.5, 0.6) is 0 Å². The standard InChI is InChI=1S/C19H25ClN2O4/c1-19(2,3)26-18(25)22-11-9-15(23)16(22)17(24)21-10-5-6-12-13(20)7-4-8-14(12)21/h4,7-8,15-16,23H,5-6,9-11H2,1-3H3/t15-,16+/m1/s1. The molecular formula is C19H25ClN2O4. The van der Waals surface area contributed by atoms with Gasteiger partial charge in [-0.15, -0.1) is 0 Å². The fourth-order valence-corrected chi connectivity index (χ4v) is 3.83. The van der Waals surface area contributed by atoms with Crippen LogP contribution in [-0.2, 0) is 16.0 Å². The number of carbonyl (C=O) groups excluding carboxylic acids is 2. The van der Waals surface area contributed by atoms with E-state index in [1.807, 2.05) is 18.2 Å². The van der Waals surface area contributed by atoms with E-state index in [0.717, 1.165) is 24.1 Å². The summed E-state index contributed by atoms with van der Waals surface area (Å²) in [6.07, 6.45) is 0.473. The molecule has 0 bridgehead atoms. The molecule has 1 fully saturated rings. The predicted octanol–water partition coefficient (Wildman–Crippen LogP) is 2.99. The lowest BCUT2D eigenvalue weighted by atomic mass is 10.00. The minimum absolute atomic E-state index is 0.288. The van der Waals surface area contributed by atoms with Crippen molar-refractivity contribution >= 4 is 29.3 Å². The number of hydrogen-bond acceptors (Lipinski definition) is 4. The van der Waals surface area contributed by atoms with Gasteiger partial charge in [-0.1, -0.05) is 17.7 Å². The van der Waals surface area contributed by atoms with Crippen LogP contribution in [0.4, 0.5) is 10.5 Å². The molecule has 2 atom stereocenters. The molecular weight excluding hydrogens is 356 g/mol. The minimum Gasteiger partial charge on any atom is -0.444 e. The van der Waals surface area contributed by atoms with Gasteiger partial charge < -0.3 is 14.7 Å². The second kappa shape index (κ2) is 7.08. The number of fused-ring (bicyclic) bond motifs is 1. The molecule has 2 heterocycles. The Morgan fingerprint density at radius 1 is 1.27 bits per heavy atom. The summed E-state index contributed by atoms with van der Waals surface area (Å²) in [5.41, 5.74) is 1.03. The molecule has 1 saturated heterocycles. The van der Waals surface area contributed by atoms with Crippen molar-refractivity contribution < 1.29 is 19.4 Å². The van der Waals surface area contributed by atoms with Gasteiger partial charge in [-0.2, -0.15) is 0 Å². The van der Waals surface area contributed by atoms with Gasteiger partial charge in [-0.3, -0.25) is 9.69 Å². The quantitative estimate of drug-likeness (QED) is 0.813. The molecule has 142 valence electrons. The highest BCUT2D eigenvalue weighted by Crippen LogP contribution is 2.34. The van der Waals surface area contributed by atoms with Crippen LogP contribution in [0.3, 0.4) is 0 Å². The molecule has 0 radical (unpaired) electrons. The molecule has 1 aromatic carbocycles. The van der Waals surface area contributed by atoms with Crippen molar-refractivity contribution in [1.29, 1.82) is 0 Å². The first-order chi connectivity index (χ1) is 12.2. The highest BCUT2D eigenvalue weighted by Gasteiger charge is 2.45. The van der Waals surface area contributed by atoms with E-state index >= 15 is 0 Å². The summed E-state index contributed by atoms with van der Waals surface area (Å²) in [5.74, 6) is -0.288. The zero-order valence-electron chi connectivity index (χ0n) is 15.4. The summed E-state index contributed by atoms with van der Waals surface area (Å²) in [4.78, 5) is 28.7. The van der Waals surface area contributed by atoms with Gasteiger partial charge in [0.2, 0.25) is 0 Å². The number of benzene rings is 1. The Labute approximate surface area is 158 Å². The van der Waals surface area contributed by atoms with Crippen molar-refractivity contribution in [2.24, 2.45) is 0 Å². The van der Waals surface area contributed by atoms with Crippen LogP contribution in [0, 0.1) is 0 Å². The van der Waals surface area contributed by atoms with Crippen molar-refractivity contribution in [1.82, 2.24) is 4.90 Å². The molecule has 6 nitrogen and oxygen atoms in total. The van der Waals surface area contributed by atoms with Crippen LogP contribution in [0.2, 0.25) is 5.02 Å². The topological polar surface area (TPSA) is 70.1 Å². The zero-order valence-corrected chi connectivity index (χ0v) is 16.1. The van der Waals surface area contributed by atoms with Crippen molar-refractivity contribution in [3.05, 3.63) is 28.8 Å². The summed E-state index contributed by atoms with van der Waals surface area (Å²) in [5, 5.41) is 11.0. The SMILES string of the molecule is CC(C)(C)OC(=O)N1CC[C@@H](O)[C@H]1C(=O)N1CCCc2c(Cl)cccc21. The van der Waals surface area contributed by atoms with Crippen molar-refractivity contribution in [3.8, 4) is 0 Å². The molecule has 26 heavy (non-hydrogen) atoms. The van der Waals surface area contributed by atoms with E-state index in [1.165, 1.54) is 4.90 Å². The molecule has 0 saturated carbocycles. The van der Waals surface area contributed by atoms with E-state index in [0.29, 0.717) is 24.5 Å². The monoisotopic (exact) mass is 380 g/mol. The predicted molar refractivity (Wildman–Crippen MR) is 99.5 cm³/mol. The van der Waals surface area contributed by atoms with Gasteiger partial charge in [0.05, 0.1) is 6.10 Å². The lowest BCUT2D eigenvalue weighted by Gasteiger charge is -2.35. The Balaban J connectivity index is 1.87. The van der Waals surface area contributed by atoms with Gasteiger partial charge in [0, 0.05) is 23.8 Å². The number of hydrogen-bond donors (Lipinski definition) is 1. The summed E-state index contributed by atoms with van der Waals surface area (Å²) >= 11 is 6.28. The average Bonchev–Trinajstić information content (AvgIpc) is 2.94. The van der Waals surface area contributed by atoms with Gasteiger partial charge in [0.25, 0.3) is 5.91 Å². The number of anilines is 1. The summed E-state index contributed by atoms with van der Waals surface area (Å²) < 4.78 is 5.41. The van der Waals surface area contributed by atoms with Gasteiger partial charge in [0.1, 0.15) is 11.6 Å². The minimum atomic E-state index is -0.935. The Kier molecular flexibility index (Phi) is 5.17. The second-order valence-electron chi connectivity index (χ2n) is 7.81. The number of aliphatic hydroxyl groups is 1. The fraction of sp³-hybridized carbons (Fsp3) is 0.579. The zero-order chi connectivity index (χ0) is 19.1. The molecule has 0 spiro atoms. The van der Waals surface area contributed by atoms with Crippen LogP contribution < -0.4 is 4.90 Å². The van der Waals surface area contributed by atoms with Crippen molar-refractivity contribution in [3.63, 3.8) is 0 Å². The highest BCUT2D eigenvalue weighted by atomic mass is 35.5. The number of rotatable bonds is 1. The van der Waals surface area contributed by atoms with E-state index in [4.69, 9.17) is 16.3 Å². The molecule has 3 rings (SSSR count). The molecule has 1 N–H and O–H groups in total. The molecule has 2 amide bonds. The van der Waals surface area contributed by atoms with Gasteiger partial charge in [0.15, 0.2) is 0 Å². The number of aliphatic hydroxyl groups excluding tert-OH is 1. The van der Waals surface area contributed by atoms with Crippen LogP contribution >= 0.6 is 11.6 Å². The number of carbonyl (C=O) groups is 2. The third kappa shape index (κ3) is 3.67. The molecule has 7 heteroatoms. The van der Waals surface area contributed by atoms with Gasteiger partial charge >= 0.3 is 6.09 Å². The number of halogens is 1. The van der Waals surface area contributed by atoms with Gasteiger partial charge in [-0.25, -0.2) is 4.79 Å². The lowest BCUT2D eigenvalue weighted by Crippen LogP contribution is -2.53. The average molecular weight is 381 g/mol. The number of ether oxygens (including phenoxy) is 1. The third-order valence-corrected chi connectivity index (χ3v) is 5.06. The fourth-order valence-electron chi connectivity index (χ4n) is 3.57. The Morgan fingerprint density at radius 3 is 2.69 bits per heavy atom. The first kappa shape index (κ1) is 19.0. The maximum absolute atomic E-state index is 13.2. The molecule has 1 aromatic rings.